The Hall–Kier alpha value is -3.37. The van der Waals surface area contributed by atoms with Crippen molar-refractivity contribution in [2.24, 2.45) is 0 Å². The molecule has 3 rings (SSSR count). The van der Waals surface area contributed by atoms with E-state index < -0.39 is 22.6 Å². The second kappa shape index (κ2) is 8.76. The molecule has 0 amide bonds. The molecule has 29 heavy (non-hydrogen) atoms. The van der Waals surface area contributed by atoms with Crippen LogP contribution in [0.5, 0.6) is 17.4 Å². The van der Waals surface area contributed by atoms with Gasteiger partial charge in [-0.05, 0) is 30.3 Å². The van der Waals surface area contributed by atoms with E-state index in [9.17, 15) is 13.2 Å². The van der Waals surface area contributed by atoms with Crippen LogP contribution < -0.4 is 14.2 Å². The van der Waals surface area contributed by atoms with E-state index >= 15 is 0 Å². The third-order valence-corrected chi connectivity index (χ3v) is 5.09. The maximum Gasteiger partial charge on any atom is 0.341 e. The molecule has 9 nitrogen and oxygen atoms in total. The Kier molecular flexibility index (Phi) is 6.15. The predicted molar refractivity (Wildman–Crippen MR) is 104 cm³/mol. The molecular weight excluding hydrogens is 422 g/mol. The standard InChI is InChI=1S/C18H14ClN3O6S/c19-15-9-14(4-5-16(15)27-11-18(23)24)29(25,26)22-12-2-1-3-13(8-12)28-17-10-20-6-7-21-17/h1-10,22H,11H2,(H,23,24). The van der Waals surface area contributed by atoms with Crippen LogP contribution in [0.25, 0.3) is 0 Å². The van der Waals surface area contributed by atoms with Gasteiger partial charge in [-0.1, -0.05) is 17.7 Å². The van der Waals surface area contributed by atoms with E-state index in [1.54, 1.807) is 18.2 Å². The number of aliphatic carboxylic acids is 1. The summed E-state index contributed by atoms with van der Waals surface area (Å²) in [6, 6.07) is 9.99. The van der Waals surface area contributed by atoms with Gasteiger partial charge in [0, 0.05) is 18.5 Å². The Bertz CT molecular complexity index is 1130. The van der Waals surface area contributed by atoms with Gasteiger partial charge >= 0.3 is 5.97 Å². The monoisotopic (exact) mass is 435 g/mol. The molecule has 0 atom stereocenters. The van der Waals surface area contributed by atoms with E-state index in [2.05, 4.69) is 14.7 Å². The van der Waals surface area contributed by atoms with E-state index in [1.165, 1.54) is 42.9 Å². The molecule has 0 saturated heterocycles. The van der Waals surface area contributed by atoms with Gasteiger partial charge in [0.25, 0.3) is 10.0 Å². The van der Waals surface area contributed by atoms with Crippen LogP contribution in [-0.2, 0) is 14.8 Å². The smallest absolute Gasteiger partial charge is 0.341 e. The first kappa shape index (κ1) is 20.4. The lowest BCUT2D eigenvalue weighted by Gasteiger charge is -2.11. The second-order valence-corrected chi connectivity index (χ2v) is 7.64. The molecule has 2 N–H and O–H groups in total. The van der Waals surface area contributed by atoms with Crippen molar-refractivity contribution in [3.63, 3.8) is 0 Å². The molecule has 1 heterocycles. The van der Waals surface area contributed by atoms with E-state index in [-0.39, 0.29) is 27.2 Å². The SMILES string of the molecule is O=C(O)COc1ccc(S(=O)(=O)Nc2cccc(Oc3cnccn3)c2)cc1Cl. The Morgan fingerprint density at radius 3 is 2.69 bits per heavy atom. The van der Waals surface area contributed by atoms with Gasteiger partial charge in [0.2, 0.25) is 5.88 Å². The van der Waals surface area contributed by atoms with Gasteiger partial charge in [-0.25, -0.2) is 18.2 Å². The average Bonchev–Trinajstić information content (AvgIpc) is 2.67. The van der Waals surface area contributed by atoms with Crippen molar-refractivity contribution in [3.05, 3.63) is 66.1 Å². The van der Waals surface area contributed by atoms with Gasteiger partial charge in [-0.3, -0.25) is 9.71 Å². The number of rotatable bonds is 8. The Labute approximate surface area is 171 Å². The number of halogens is 1. The number of nitrogens with one attached hydrogen (secondary N) is 1. The van der Waals surface area contributed by atoms with Crippen LogP contribution in [0.3, 0.4) is 0 Å². The highest BCUT2D eigenvalue weighted by atomic mass is 35.5. The van der Waals surface area contributed by atoms with Gasteiger partial charge in [0.1, 0.15) is 11.5 Å². The molecule has 11 heteroatoms. The number of carboxylic acid groups (broad SMARTS) is 1. The number of ether oxygens (including phenoxy) is 2. The highest BCUT2D eigenvalue weighted by molar-refractivity contribution is 7.92. The maximum absolute atomic E-state index is 12.6. The number of benzene rings is 2. The number of carboxylic acids is 1. The summed E-state index contributed by atoms with van der Waals surface area (Å²) in [5, 5.41) is 8.60. The zero-order valence-electron chi connectivity index (χ0n) is 14.6. The normalized spacial score (nSPS) is 10.9. The van der Waals surface area contributed by atoms with Crippen molar-refractivity contribution in [2.75, 3.05) is 11.3 Å². The van der Waals surface area contributed by atoms with Crippen molar-refractivity contribution in [1.29, 1.82) is 0 Å². The highest BCUT2D eigenvalue weighted by Gasteiger charge is 2.17. The Morgan fingerprint density at radius 1 is 1.17 bits per heavy atom. The van der Waals surface area contributed by atoms with Crippen molar-refractivity contribution >= 4 is 33.3 Å². The van der Waals surface area contributed by atoms with Crippen molar-refractivity contribution in [2.45, 2.75) is 4.90 Å². The van der Waals surface area contributed by atoms with E-state index in [0.717, 1.165) is 0 Å². The van der Waals surface area contributed by atoms with Crippen molar-refractivity contribution < 1.29 is 27.8 Å². The van der Waals surface area contributed by atoms with Crippen LogP contribution in [0, 0.1) is 0 Å². The molecule has 2 aromatic carbocycles. The molecule has 1 aromatic heterocycles. The van der Waals surface area contributed by atoms with Gasteiger partial charge in [0.05, 0.1) is 21.8 Å². The number of hydrogen-bond acceptors (Lipinski definition) is 7. The number of aromatic nitrogens is 2. The summed E-state index contributed by atoms with van der Waals surface area (Å²) in [6.45, 7) is -0.595. The molecule has 0 saturated carbocycles. The summed E-state index contributed by atoms with van der Waals surface area (Å²) in [6.07, 6.45) is 4.39. The van der Waals surface area contributed by atoms with E-state index in [0.29, 0.717) is 5.75 Å². The zero-order valence-corrected chi connectivity index (χ0v) is 16.2. The Morgan fingerprint density at radius 2 is 2.00 bits per heavy atom. The third-order valence-electron chi connectivity index (χ3n) is 3.41. The van der Waals surface area contributed by atoms with Gasteiger partial charge in [-0.2, -0.15) is 0 Å². The minimum absolute atomic E-state index is 0.0335. The summed E-state index contributed by atoms with van der Waals surface area (Å²) in [7, 11) is -3.96. The molecule has 3 aromatic rings. The fourth-order valence-corrected chi connectivity index (χ4v) is 3.58. The third kappa shape index (κ3) is 5.56. The first-order valence-electron chi connectivity index (χ1n) is 8.04. The predicted octanol–water partition coefficient (Wildman–Crippen LogP) is 3.19. The minimum atomic E-state index is -3.96. The minimum Gasteiger partial charge on any atom is -0.480 e. The fourth-order valence-electron chi connectivity index (χ4n) is 2.20. The van der Waals surface area contributed by atoms with Gasteiger partial charge in [-0.15, -0.1) is 0 Å². The second-order valence-electron chi connectivity index (χ2n) is 5.55. The quantitative estimate of drug-likeness (QED) is 0.552. The fraction of sp³-hybridized carbons (Fsp3) is 0.0556. The summed E-state index contributed by atoms with van der Waals surface area (Å²) in [5.74, 6) is -0.493. The van der Waals surface area contributed by atoms with Crippen LogP contribution >= 0.6 is 11.6 Å². The molecule has 0 radical (unpaired) electrons. The number of nitrogens with zero attached hydrogens (tertiary/aromatic N) is 2. The first-order valence-corrected chi connectivity index (χ1v) is 9.90. The summed E-state index contributed by atoms with van der Waals surface area (Å²) >= 11 is 5.99. The van der Waals surface area contributed by atoms with Crippen LogP contribution in [0.4, 0.5) is 5.69 Å². The maximum atomic E-state index is 12.6. The first-order chi connectivity index (χ1) is 13.8. The highest BCUT2D eigenvalue weighted by Crippen LogP contribution is 2.29. The van der Waals surface area contributed by atoms with Crippen LogP contribution in [0.1, 0.15) is 0 Å². The van der Waals surface area contributed by atoms with Crippen molar-refractivity contribution in [1.82, 2.24) is 9.97 Å². The zero-order chi connectivity index (χ0) is 20.9. The average molecular weight is 436 g/mol. The molecule has 0 spiro atoms. The van der Waals surface area contributed by atoms with Gasteiger partial charge < -0.3 is 14.6 Å². The van der Waals surface area contributed by atoms with Crippen LogP contribution in [-0.4, -0.2) is 36.1 Å². The molecular formula is C18H14ClN3O6S. The van der Waals surface area contributed by atoms with Gasteiger partial charge in [0.15, 0.2) is 6.61 Å². The lowest BCUT2D eigenvalue weighted by atomic mass is 10.3. The largest absolute Gasteiger partial charge is 0.480 e. The van der Waals surface area contributed by atoms with E-state index in [4.69, 9.17) is 26.2 Å². The lowest BCUT2D eigenvalue weighted by molar-refractivity contribution is -0.139. The summed E-state index contributed by atoms with van der Waals surface area (Å²) in [4.78, 5) is 18.3. The Balaban J connectivity index is 1.76. The molecule has 0 aliphatic carbocycles. The number of hydrogen-bond donors (Lipinski definition) is 2. The molecule has 150 valence electrons. The molecule has 0 aliphatic heterocycles. The topological polar surface area (TPSA) is 128 Å². The van der Waals surface area contributed by atoms with Crippen LogP contribution in [0.2, 0.25) is 5.02 Å². The summed E-state index contributed by atoms with van der Waals surface area (Å²) in [5.41, 5.74) is 0.258. The van der Waals surface area contributed by atoms with Crippen LogP contribution in [0.15, 0.2) is 66.0 Å². The molecule has 0 unspecified atom stereocenters. The van der Waals surface area contributed by atoms with Crippen molar-refractivity contribution in [3.8, 4) is 17.4 Å². The lowest BCUT2D eigenvalue weighted by Crippen LogP contribution is -2.13. The molecule has 0 fully saturated rings. The number of anilines is 1. The molecule has 0 bridgehead atoms. The van der Waals surface area contributed by atoms with E-state index in [1.807, 2.05) is 0 Å². The molecule has 0 aliphatic rings. The number of carbonyl (C=O) groups is 1. The number of sulfonamides is 1. The summed E-state index contributed by atoms with van der Waals surface area (Å²) < 4.78 is 38.2.